The lowest BCUT2D eigenvalue weighted by Gasteiger charge is -2.26. The van der Waals surface area contributed by atoms with Crippen LogP contribution in [0.5, 0.6) is 0 Å². The number of hydroxylamine groups is 1. The third kappa shape index (κ3) is 4.21. The molecule has 0 bridgehead atoms. The summed E-state index contributed by atoms with van der Waals surface area (Å²) in [6, 6.07) is 3.46. The van der Waals surface area contributed by atoms with Gasteiger partial charge in [-0.3, -0.25) is 15.1 Å². The van der Waals surface area contributed by atoms with Crippen LogP contribution in [0.1, 0.15) is 31.1 Å². The first-order valence-electron chi connectivity index (χ1n) is 9.09. The first-order chi connectivity index (χ1) is 12.3. The summed E-state index contributed by atoms with van der Waals surface area (Å²) in [6.45, 7) is 4.34. The highest BCUT2D eigenvalue weighted by Gasteiger charge is 2.35. The van der Waals surface area contributed by atoms with Crippen molar-refractivity contribution >= 4 is 5.91 Å². The molecule has 0 aliphatic carbocycles. The smallest absolute Gasteiger partial charge is 0.239 e. The van der Waals surface area contributed by atoms with Crippen LogP contribution in [-0.2, 0) is 14.4 Å². The quantitative estimate of drug-likeness (QED) is 0.706. The number of carbonyl (C=O) groups is 1. The van der Waals surface area contributed by atoms with Crippen LogP contribution in [0, 0.1) is 5.92 Å². The van der Waals surface area contributed by atoms with Gasteiger partial charge in [-0.1, -0.05) is 0 Å². The van der Waals surface area contributed by atoms with E-state index in [0.717, 1.165) is 51.4 Å². The van der Waals surface area contributed by atoms with Crippen molar-refractivity contribution in [3.63, 3.8) is 0 Å². The van der Waals surface area contributed by atoms with Crippen LogP contribution in [0.2, 0.25) is 0 Å². The largest absolute Gasteiger partial charge is 0.467 e. The maximum absolute atomic E-state index is 12.5. The van der Waals surface area contributed by atoms with Crippen molar-refractivity contribution in [1.29, 1.82) is 0 Å². The van der Waals surface area contributed by atoms with Gasteiger partial charge in [0, 0.05) is 39.3 Å². The lowest BCUT2D eigenvalue weighted by Crippen LogP contribution is -2.47. The van der Waals surface area contributed by atoms with Gasteiger partial charge in [-0.05, 0) is 30.9 Å². The third-order valence-corrected chi connectivity index (χ3v) is 5.15. The van der Waals surface area contributed by atoms with Crippen molar-refractivity contribution in [3.8, 4) is 0 Å². The number of hydrazine groups is 1. The normalized spacial score (nSPS) is 31.4. The van der Waals surface area contributed by atoms with Gasteiger partial charge in [0.25, 0.3) is 0 Å². The van der Waals surface area contributed by atoms with Crippen LogP contribution in [0.4, 0.5) is 0 Å². The summed E-state index contributed by atoms with van der Waals surface area (Å²) in [6.07, 6.45) is 4.21. The molecular weight excluding hydrogens is 324 g/mol. The minimum absolute atomic E-state index is 0.0197. The maximum atomic E-state index is 12.5. The van der Waals surface area contributed by atoms with E-state index in [1.807, 2.05) is 12.1 Å². The standard InChI is InChI=1S/C17H26N4O4/c22-17(14-8-16(25-20-14)15-2-1-5-24-15)19-13-9-18-21(11-13)10-12-3-6-23-7-4-12/h1-2,5,12-14,16,18,20H,3-4,6-11H2,(H,19,22). The van der Waals surface area contributed by atoms with Gasteiger partial charge in [0.05, 0.1) is 12.3 Å². The molecule has 138 valence electrons. The molecule has 3 fully saturated rings. The molecule has 1 amide bonds. The van der Waals surface area contributed by atoms with Crippen LogP contribution >= 0.6 is 0 Å². The summed E-state index contributed by atoms with van der Waals surface area (Å²) < 4.78 is 10.8. The highest BCUT2D eigenvalue weighted by Crippen LogP contribution is 2.27. The Morgan fingerprint density at radius 2 is 2.24 bits per heavy atom. The summed E-state index contributed by atoms with van der Waals surface area (Å²) in [5, 5.41) is 5.34. The summed E-state index contributed by atoms with van der Waals surface area (Å²) in [4.78, 5) is 17.9. The second-order valence-electron chi connectivity index (χ2n) is 7.06. The molecule has 0 aromatic carbocycles. The molecule has 25 heavy (non-hydrogen) atoms. The Bertz CT molecular complexity index is 561. The second kappa shape index (κ2) is 7.84. The fourth-order valence-electron chi connectivity index (χ4n) is 3.70. The number of furan rings is 1. The zero-order valence-corrected chi connectivity index (χ0v) is 14.3. The lowest BCUT2D eigenvalue weighted by molar-refractivity contribution is -0.124. The minimum Gasteiger partial charge on any atom is -0.467 e. The Labute approximate surface area is 147 Å². The third-order valence-electron chi connectivity index (χ3n) is 5.15. The zero-order chi connectivity index (χ0) is 17.1. The van der Waals surface area contributed by atoms with Crippen molar-refractivity contribution < 1.29 is 18.8 Å². The molecule has 3 aliphatic rings. The predicted molar refractivity (Wildman–Crippen MR) is 89.1 cm³/mol. The van der Waals surface area contributed by atoms with E-state index in [9.17, 15) is 4.79 Å². The molecule has 8 heteroatoms. The number of carbonyl (C=O) groups excluding carboxylic acids is 1. The number of nitrogens with one attached hydrogen (secondary N) is 3. The molecule has 3 N–H and O–H groups in total. The van der Waals surface area contributed by atoms with E-state index in [-0.39, 0.29) is 24.1 Å². The Kier molecular flexibility index (Phi) is 5.33. The summed E-state index contributed by atoms with van der Waals surface area (Å²) >= 11 is 0. The van der Waals surface area contributed by atoms with E-state index in [1.54, 1.807) is 6.26 Å². The average molecular weight is 350 g/mol. The molecular formula is C17H26N4O4. The van der Waals surface area contributed by atoms with Crippen LogP contribution in [-0.4, -0.2) is 55.8 Å². The number of hydrogen-bond donors (Lipinski definition) is 3. The SMILES string of the molecule is O=C(NC1CNN(CC2CCOCC2)C1)C1CC(c2ccco2)ON1. The number of amides is 1. The number of nitrogens with zero attached hydrogens (tertiary/aromatic N) is 1. The molecule has 8 nitrogen and oxygen atoms in total. The summed E-state index contributed by atoms with van der Waals surface area (Å²) in [5.74, 6) is 1.40. The molecule has 0 radical (unpaired) electrons. The van der Waals surface area contributed by atoms with Crippen molar-refractivity contribution in [2.24, 2.45) is 5.92 Å². The molecule has 3 unspecified atom stereocenters. The molecule has 4 rings (SSSR count). The fraction of sp³-hybridized carbons (Fsp3) is 0.706. The van der Waals surface area contributed by atoms with Crippen LogP contribution < -0.4 is 16.2 Å². The van der Waals surface area contributed by atoms with Gasteiger partial charge in [0.2, 0.25) is 5.91 Å². The number of rotatable bonds is 5. The molecule has 3 saturated heterocycles. The van der Waals surface area contributed by atoms with Crippen molar-refractivity contribution in [3.05, 3.63) is 24.2 Å². The van der Waals surface area contributed by atoms with E-state index in [0.29, 0.717) is 12.3 Å². The van der Waals surface area contributed by atoms with Gasteiger partial charge in [-0.2, -0.15) is 5.48 Å². The fourth-order valence-corrected chi connectivity index (χ4v) is 3.70. The monoisotopic (exact) mass is 350 g/mol. The highest BCUT2D eigenvalue weighted by molar-refractivity contribution is 5.82. The average Bonchev–Trinajstić information content (AvgIpc) is 3.37. The Morgan fingerprint density at radius 3 is 3.04 bits per heavy atom. The number of hydrogen-bond acceptors (Lipinski definition) is 7. The second-order valence-corrected chi connectivity index (χ2v) is 7.06. The Morgan fingerprint density at radius 1 is 1.36 bits per heavy atom. The molecule has 0 saturated carbocycles. The first-order valence-corrected chi connectivity index (χ1v) is 9.09. The van der Waals surface area contributed by atoms with E-state index < -0.39 is 0 Å². The Balaban J connectivity index is 1.21. The summed E-state index contributed by atoms with van der Waals surface area (Å²) in [5.41, 5.74) is 6.22. The number of ether oxygens (including phenoxy) is 1. The molecule has 1 aromatic heterocycles. The van der Waals surface area contributed by atoms with Crippen LogP contribution in [0.3, 0.4) is 0 Å². The predicted octanol–water partition coefficient (Wildman–Crippen LogP) is 0.346. The zero-order valence-electron chi connectivity index (χ0n) is 14.3. The summed E-state index contributed by atoms with van der Waals surface area (Å²) in [7, 11) is 0. The van der Waals surface area contributed by atoms with E-state index in [4.69, 9.17) is 14.0 Å². The molecule has 0 spiro atoms. The topological polar surface area (TPSA) is 88.0 Å². The van der Waals surface area contributed by atoms with Crippen molar-refractivity contribution in [2.45, 2.75) is 37.5 Å². The molecule has 3 aliphatic heterocycles. The van der Waals surface area contributed by atoms with Crippen LogP contribution in [0.25, 0.3) is 0 Å². The van der Waals surface area contributed by atoms with Gasteiger partial charge in [-0.15, -0.1) is 0 Å². The lowest BCUT2D eigenvalue weighted by atomic mass is 10.0. The maximum Gasteiger partial charge on any atom is 0.239 e. The van der Waals surface area contributed by atoms with Gasteiger partial charge >= 0.3 is 0 Å². The van der Waals surface area contributed by atoms with Crippen molar-refractivity contribution in [1.82, 2.24) is 21.2 Å². The van der Waals surface area contributed by atoms with E-state index in [2.05, 4.69) is 21.2 Å². The van der Waals surface area contributed by atoms with Gasteiger partial charge in [0.1, 0.15) is 17.9 Å². The van der Waals surface area contributed by atoms with E-state index >= 15 is 0 Å². The molecule has 1 aromatic rings. The highest BCUT2D eigenvalue weighted by atomic mass is 16.7. The van der Waals surface area contributed by atoms with Gasteiger partial charge in [0.15, 0.2) is 0 Å². The molecule has 4 heterocycles. The van der Waals surface area contributed by atoms with Crippen LogP contribution in [0.15, 0.2) is 22.8 Å². The van der Waals surface area contributed by atoms with Crippen molar-refractivity contribution in [2.75, 3.05) is 32.8 Å². The molecule has 3 atom stereocenters. The Hall–Kier alpha value is -1.45. The van der Waals surface area contributed by atoms with Gasteiger partial charge in [-0.25, -0.2) is 5.01 Å². The minimum atomic E-state index is -0.348. The first kappa shape index (κ1) is 17.0. The van der Waals surface area contributed by atoms with E-state index in [1.165, 1.54) is 0 Å². The van der Waals surface area contributed by atoms with Gasteiger partial charge < -0.3 is 14.5 Å².